The normalized spacial score (nSPS) is 14.2. The minimum atomic E-state index is -0.341. The van der Waals surface area contributed by atoms with Gasteiger partial charge in [-0.2, -0.15) is 0 Å². The maximum Gasteiger partial charge on any atom is 0.270 e. The highest BCUT2D eigenvalue weighted by atomic mass is 35.5. The van der Waals surface area contributed by atoms with Crippen LogP contribution in [-0.2, 0) is 11.4 Å². The molecular weight excluding hydrogens is 593 g/mol. The molecule has 1 N–H and O–H groups in total. The standard InChI is InChI=1S/C31H23Cl2N5O3S/c32-21-15-16-23(25(33)17-21)28-18-26(37-41-28)24-13-7-8-14-27(24)40-19-29-34-35-31(42-22-11-5-2-6-12-22)38(29)36-30(39)20-9-3-1-4-10-20/h1-17,28H,18-19H2,(H,36,39). The third-order valence-corrected chi connectivity index (χ3v) is 7.95. The Kier molecular flexibility index (Phi) is 8.41. The van der Waals surface area contributed by atoms with Crippen LogP contribution >= 0.6 is 35.0 Å². The van der Waals surface area contributed by atoms with Crippen LogP contribution in [0.15, 0.2) is 118 Å². The maximum absolute atomic E-state index is 13.1. The number of benzene rings is 4. The molecule has 0 radical (unpaired) electrons. The van der Waals surface area contributed by atoms with E-state index in [1.54, 1.807) is 28.9 Å². The molecule has 0 spiro atoms. The second-order valence-corrected chi connectivity index (χ2v) is 11.1. The third kappa shape index (κ3) is 6.28. The van der Waals surface area contributed by atoms with E-state index in [-0.39, 0.29) is 18.6 Å². The molecule has 5 aromatic rings. The predicted octanol–water partition coefficient (Wildman–Crippen LogP) is 7.56. The number of para-hydroxylation sites is 1. The third-order valence-electron chi connectivity index (χ3n) is 6.44. The molecule has 1 atom stereocenters. The van der Waals surface area contributed by atoms with Gasteiger partial charge in [0.2, 0.25) is 5.16 Å². The molecule has 2 heterocycles. The Hall–Kier alpha value is -4.31. The Bertz CT molecular complexity index is 1750. The molecule has 0 fully saturated rings. The van der Waals surface area contributed by atoms with Crippen molar-refractivity contribution in [3.63, 3.8) is 0 Å². The van der Waals surface area contributed by atoms with Gasteiger partial charge in [0.15, 0.2) is 11.9 Å². The first-order valence-electron chi connectivity index (χ1n) is 13.0. The number of hydrogen-bond donors (Lipinski definition) is 1. The summed E-state index contributed by atoms with van der Waals surface area (Å²) in [6.07, 6.45) is 0.162. The molecule has 4 aromatic carbocycles. The van der Waals surface area contributed by atoms with Gasteiger partial charge < -0.3 is 9.57 Å². The minimum absolute atomic E-state index is 0.0367. The summed E-state index contributed by atoms with van der Waals surface area (Å²) < 4.78 is 7.80. The molecule has 42 heavy (non-hydrogen) atoms. The van der Waals surface area contributed by atoms with Crippen LogP contribution in [0.25, 0.3) is 0 Å². The SMILES string of the molecule is O=C(Nn1c(COc2ccccc2C2=NOC(c3ccc(Cl)cc3Cl)C2)nnc1Sc1ccccc1)c1ccccc1. The first-order valence-corrected chi connectivity index (χ1v) is 14.6. The number of aromatic nitrogens is 3. The van der Waals surface area contributed by atoms with Crippen LogP contribution in [0.2, 0.25) is 10.0 Å². The second-order valence-electron chi connectivity index (χ2n) is 9.24. The van der Waals surface area contributed by atoms with Gasteiger partial charge in [0.1, 0.15) is 12.4 Å². The lowest BCUT2D eigenvalue weighted by atomic mass is 9.99. The van der Waals surface area contributed by atoms with Crippen molar-refractivity contribution in [2.75, 3.05) is 5.43 Å². The van der Waals surface area contributed by atoms with E-state index < -0.39 is 0 Å². The van der Waals surface area contributed by atoms with Crippen LogP contribution in [0, 0.1) is 0 Å². The zero-order chi connectivity index (χ0) is 28.9. The summed E-state index contributed by atoms with van der Waals surface area (Å²) >= 11 is 13.9. The molecule has 8 nitrogen and oxygen atoms in total. The Morgan fingerprint density at radius 2 is 1.69 bits per heavy atom. The van der Waals surface area contributed by atoms with E-state index in [9.17, 15) is 4.79 Å². The number of carbonyl (C=O) groups excluding carboxylic acids is 1. The molecule has 0 saturated carbocycles. The molecule has 0 aliphatic carbocycles. The molecule has 0 bridgehead atoms. The van der Waals surface area contributed by atoms with Crippen molar-refractivity contribution in [3.8, 4) is 5.75 Å². The number of amides is 1. The number of oxime groups is 1. The quantitative estimate of drug-likeness (QED) is 0.184. The van der Waals surface area contributed by atoms with Gasteiger partial charge in [0.25, 0.3) is 5.91 Å². The number of ether oxygens (including phenoxy) is 1. The topological polar surface area (TPSA) is 90.6 Å². The largest absolute Gasteiger partial charge is 0.485 e. The lowest BCUT2D eigenvalue weighted by Crippen LogP contribution is -2.26. The summed E-state index contributed by atoms with van der Waals surface area (Å²) in [6.45, 7) is 0.0367. The number of rotatable bonds is 9. The molecule has 1 unspecified atom stereocenters. The summed E-state index contributed by atoms with van der Waals surface area (Å²) in [5, 5.41) is 14.6. The summed E-state index contributed by atoms with van der Waals surface area (Å²) in [4.78, 5) is 19.8. The van der Waals surface area contributed by atoms with Crippen molar-refractivity contribution in [1.29, 1.82) is 0 Å². The van der Waals surface area contributed by atoms with Gasteiger partial charge in [0, 0.05) is 38.1 Å². The number of nitrogens with zero attached hydrogens (tertiary/aromatic N) is 4. The fourth-order valence-corrected chi connectivity index (χ4v) is 5.72. The highest BCUT2D eigenvalue weighted by molar-refractivity contribution is 7.99. The Balaban J connectivity index is 1.22. The summed E-state index contributed by atoms with van der Waals surface area (Å²) in [7, 11) is 0. The highest BCUT2D eigenvalue weighted by Crippen LogP contribution is 2.36. The zero-order valence-corrected chi connectivity index (χ0v) is 24.3. The van der Waals surface area contributed by atoms with Crippen molar-refractivity contribution in [2.45, 2.75) is 29.2 Å². The van der Waals surface area contributed by atoms with Crippen molar-refractivity contribution < 1.29 is 14.4 Å². The lowest BCUT2D eigenvalue weighted by Gasteiger charge is -2.14. The average Bonchev–Trinajstić information content (AvgIpc) is 3.65. The summed E-state index contributed by atoms with van der Waals surface area (Å²) in [6, 6.07) is 31.6. The zero-order valence-electron chi connectivity index (χ0n) is 22.0. The Morgan fingerprint density at radius 1 is 0.952 bits per heavy atom. The van der Waals surface area contributed by atoms with Crippen LogP contribution in [0.4, 0.5) is 0 Å². The number of carbonyl (C=O) groups is 1. The maximum atomic E-state index is 13.1. The van der Waals surface area contributed by atoms with Gasteiger partial charge in [-0.25, -0.2) is 4.68 Å². The van der Waals surface area contributed by atoms with E-state index in [1.165, 1.54) is 11.8 Å². The molecule has 1 aliphatic heterocycles. The predicted molar refractivity (Wildman–Crippen MR) is 163 cm³/mol. The molecule has 1 aliphatic rings. The second kappa shape index (κ2) is 12.7. The van der Waals surface area contributed by atoms with Gasteiger partial charge in [-0.05, 0) is 60.3 Å². The fourth-order valence-electron chi connectivity index (χ4n) is 4.36. The number of nitrogens with one attached hydrogen (secondary N) is 1. The van der Waals surface area contributed by atoms with Crippen molar-refractivity contribution in [1.82, 2.24) is 14.9 Å². The molecule has 6 rings (SSSR count). The number of halogens is 2. The lowest BCUT2D eigenvalue weighted by molar-refractivity contribution is 0.0858. The minimum Gasteiger partial charge on any atom is -0.485 e. The first-order chi connectivity index (χ1) is 20.5. The molecule has 1 aromatic heterocycles. The van der Waals surface area contributed by atoms with E-state index >= 15 is 0 Å². The van der Waals surface area contributed by atoms with Crippen LogP contribution < -0.4 is 10.2 Å². The summed E-state index contributed by atoms with van der Waals surface area (Å²) in [5.41, 5.74) is 5.74. The monoisotopic (exact) mass is 615 g/mol. The van der Waals surface area contributed by atoms with E-state index in [1.807, 2.05) is 78.9 Å². The first kappa shape index (κ1) is 27.8. The smallest absolute Gasteiger partial charge is 0.270 e. The average molecular weight is 617 g/mol. The van der Waals surface area contributed by atoms with E-state index in [4.69, 9.17) is 32.8 Å². The van der Waals surface area contributed by atoms with E-state index in [0.717, 1.165) is 21.7 Å². The van der Waals surface area contributed by atoms with Crippen molar-refractivity contribution in [2.24, 2.45) is 5.16 Å². The van der Waals surface area contributed by atoms with Gasteiger partial charge in [0.05, 0.1) is 5.71 Å². The van der Waals surface area contributed by atoms with Gasteiger partial charge >= 0.3 is 0 Å². The molecule has 11 heteroatoms. The highest BCUT2D eigenvalue weighted by Gasteiger charge is 2.28. The fraction of sp³-hybridized carbons (Fsp3) is 0.0968. The van der Waals surface area contributed by atoms with E-state index in [0.29, 0.717) is 38.8 Å². The summed E-state index contributed by atoms with van der Waals surface area (Å²) in [5.74, 6) is 0.711. The van der Waals surface area contributed by atoms with Crippen molar-refractivity contribution in [3.05, 3.63) is 136 Å². The Labute approximate surface area is 256 Å². The van der Waals surface area contributed by atoms with Gasteiger partial charge in [-0.1, -0.05) is 83.0 Å². The molecule has 210 valence electrons. The van der Waals surface area contributed by atoms with Crippen LogP contribution in [0.1, 0.15) is 39.8 Å². The van der Waals surface area contributed by atoms with Gasteiger partial charge in [-0.15, -0.1) is 10.2 Å². The van der Waals surface area contributed by atoms with Gasteiger partial charge in [-0.3, -0.25) is 10.2 Å². The molecule has 0 saturated heterocycles. The molecular formula is C31H23Cl2N5O3S. The van der Waals surface area contributed by atoms with Crippen LogP contribution in [0.5, 0.6) is 5.75 Å². The number of hydrogen-bond acceptors (Lipinski definition) is 7. The van der Waals surface area contributed by atoms with Crippen molar-refractivity contribution >= 4 is 46.6 Å². The Morgan fingerprint density at radius 3 is 2.48 bits per heavy atom. The van der Waals surface area contributed by atoms with Crippen LogP contribution in [0.3, 0.4) is 0 Å². The van der Waals surface area contributed by atoms with E-state index in [2.05, 4.69) is 20.8 Å². The molecule has 1 amide bonds. The van der Waals surface area contributed by atoms with Crippen LogP contribution in [-0.4, -0.2) is 26.5 Å².